The molecule has 2 rings (SSSR count). The molecule has 2 aromatic rings. The Kier molecular flexibility index (Phi) is 5.40. The quantitative estimate of drug-likeness (QED) is 0.748. The van der Waals surface area contributed by atoms with E-state index in [0.29, 0.717) is 32.2 Å². The first kappa shape index (κ1) is 16.7. The van der Waals surface area contributed by atoms with Crippen molar-refractivity contribution in [2.75, 3.05) is 17.7 Å². The van der Waals surface area contributed by atoms with Crippen molar-refractivity contribution in [3.8, 4) is 5.75 Å². The van der Waals surface area contributed by atoms with E-state index in [0.717, 1.165) is 5.56 Å². The molecular weight excluding hydrogens is 347 g/mol. The molecule has 0 aromatic heterocycles. The number of aryl methyl sites for hydroxylation is 1. The van der Waals surface area contributed by atoms with Gasteiger partial charge in [0.1, 0.15) is 5.75 Å². The van der Waals surface area contributed by atoms with Gasteiger partial charge in [-0.15, -0.1) is 0 Å². The molecule has 0 unspecified atom stereocenters. The van der Waals surface area contributed by atoms with Gasteiger partial charge in [0.2, 0.25) is 0 Å². The maximum atomic E-state index is 12.1. The molecule has 0 aliphatic carbocycles. The molecule has 2 aromatic carbocycles. The SMILES string of the molecule is COc1cc(Cl)c(C)cc1NC(=O)Nc1cc(Cl)cc(Cl)c1. The predicted octanol–water partition coefficient (Wildman–Crippen LogP) is 5.61. The number of methoxy groups -OCH3 is 1. The minimum atomic E-state index is -0.446. The Bertz CT molecular complexity index is 700. The van der Waals surface area contributed by atoms with Gasteiger partial charge in [-0.25, -0.2) is 4.79 Å². The number of carbonyl (C=O) groups is 1. The average molecular weight is 360 g/mol. The number of ether oxygens (including phenoxy) is 1. The number of halogens is 3. The Balaban J connectivity index is 2.17. The second-order valence-electron chi connectivity index (χ2n) is 4.54. The van der Waals surface area contributed by atoms with Gasteiger partial charge in [0, 0.05) is 26.8 Å². The number of rotatable bonds is 3. The molecule has 2 N–H and O–H groups in total. The number of benzene rings is 2. The standard InChI is InChI=1S/C15H13Cl3N2O2/c1-8-3-13(14(22-2)7-12(8)18)20-15(21)19-11-5-9(16)4-10(17)6-11/h3-7H,1-2H3,(H2,19,20,21). The first-order valence-electron chi connectivity index (χ1n) is 6.27. The number of anilines is 2. The van der Waals surface area contributed by atoms with E-state index in [4.69, 9.17) is 39.5 Å². The highest BCUT2D eigenvalue weighted by Crippen LogP contribution is 2.31. The summed E-state index contributed by atoms with van der Waals surface area (Å²) in [6.07, 6.45) is 0. The third kappa shape index (κ3) is 4.19. The zero-order valence-corrected chi connectivity index (χ0v) is 14.1. The van der Waals surface area contributed by atoms with Crippen LogP contribution in [0.1, 0.15) is 5.56 Å². The fourth-order valence-electron chi connectivity index (χ4n) is 1.84. The highest BCUT2D eigenvalue weighted by atomic mass is 35.5. The van der Waals surface area contributed by atoms with Gasteiger partial charge in [-0.2, -0.15) is 0 Å². The number of urea groups is 1. The lowest BCUT2D eigenvalue weighted by Crippen LogP contribution is -2.20. The van der Waals surface area contributed by atoms with Crippen LogP contribution in [0.15, 0.2) is 30.3 Å². The molecular formula is C15H13Cl3N2O2. The van der Waals surface area contributed by atoms with Crippen molar-refractivity contribution >= 4 is 52.2 Å². The first-order valence-corrected chi connectivity index (χ1v) is 7.40. The van der Waals surface area contributed by atoms with Crippen LogP contribution >= 0.6 is 34.8 Å². The Morgan fingerprint density at radius 2 is 1.64 bits per heavy atom. The van der Waals surface area contributed by atoms with Crippen LogP contribution in [0.3, 0.4) is 0 Å². The van der Waals surface area contributed by atoms with E-state index in [-0.39, 0.29) is 0 Å². The number of nitrogens with one attached hydrogen (secondary N) is 2. The average Bonchev–Trinajstić information content (AvgIpc) is 2.41. The smallest absolute Gasteiger partial charge is 0.323 e. The second-order valence-corrected chi connectivity index (χ2v) is 5.82. The summed E-state index contributed by atoms with van der Waals surface area (Å²) in [5.74, 6) is 0.467. The molecule has 0 heterocycles. The molecule has 0 saturated heterocycles. The first-order chi connectivity index (χ1) is 10.4. The highest BCUT2D eigenvalue weighted by Gasteiger charge is 2.11. The van der Waals surface area contributed by atoms with Crippen molar-refractivity contribution in [2.45, 2.75) is 6.92 Å². The van der Waals surface area contributed by atoms with Crippen LogP contribution in [-0.4, -0.2) is 13.1 Å². The van der Waals surface area contributed by atoms with Crippen molar-refractivity contribution in [1.82, 2.24) is 0 Å². The van der Waals surface area contributed by atoms with Crippen molar-refractivity contribution in [3.63, 3.8) is 0 Å². The van der Waals surface area contributed by atoms with Crippen molar-refractivity contribution in [3.05, 3.63) is 51.0 Å². The molecule has 0 aliphatic rings. The summed E-state index contributed by atoms with van der Waals surface area (Å²) in [7, 11) is 1.50. The summed E-state index contributed by atoms with van der Waals surface area (Å²) in [5.41, 5.74) is 1.82. The fraction of sp³-hybridized carbons (Fsp3) is 0.133. The van der Waals surface area contributed by atoms with Crippen molar-refractivity contribution < 1.29 is 9.53 Å². The number of hydrogen-bond donors (Lipinski definition) is 2. The molecule has 0 spiro atoms. The number of carbonyl (C=O) groups excluding carboxylic acids is 1. The van der Waals surface area contributed by atoms with Gasteiger partial charge in [-0.05, 0) is 36.8 Å². The van der Waals surface area contributed by atoms with E-state index in [9.17, 15) is 4.79 Å². The van der Waals surface area contributed by atoms with E-state index in [1.807, 2.05) is 6.92 Å². The van der Waals surface area contributed by atoms with E-state index in [1.54, 1.807) is 30.3 Å². The summed E-state index contributed by atoms with van der Waals surface area (Å²) < 4.78 is 5.20. The van der Waals surface area contributed by atoms with E-state index < -0.39 is 6.03 Å². The molecule has 0 fully saturated rings. The van der Waals surface area contributed by atoms with Crippen molar-refractivity contribution in [2.24, 2.45) is 0 Å². The lowest BCUT2D eigenvalue weighted by molar-refractivity contribution is 0.262. The highest BCUT2D eigenvalue weighted by molar-refractivity contribution is 6.35. The summed E-state index contributed by atoms with van der Waals surface area (Å²) >= 11 is 17.8. The zero-order chi connectivity index (χ0) is 16.3. The van der Waals surface area contributed by atoms with Gasteiger partial charge in [0.15, 0.2) is 0 Å². The fourth-order valence-corrected chi connectivity index (χ4v) is 2.52. The Hall–Kier alpha value is -1.62. The van der Waals surface area contributed by atoms with E-state index in [2.05, 4.69) is 10.6 Å². The molecule has 116 valence electrons. The van der Waals surface area contributed by atoms with E-state index >= 15 is 0 Å². The van der Waals surface area contributed by atoms with Crippen LogP contribution < -0.4 is 15.4 Å². The largest absolute Gasteiger partial charge is 0.495 e. The normalized spacial score (nSPS) is 10.2. The third-order valence-corrected chi connectivity index (χ3v) is 3.69. The summed E-state index contributed by atoms with van der Waals surface area (Å²) in [4.78, 5) is 12.1. The molecule has 2 amide bonds. The van der Waals surface area contributed by atoms with Gasteiger partial charge >= 0.3 is 6.03 Å². The van der Waals surface area contributed by atoms with Crippen LogP contribution in [0.5, 0.6) is 5.75 Å². The van der Waals surface area contributed by atoms with Crippen LogP contribution in [0.4, 0.5) is 16.2 Å². The van der Waals surface area contributed by atoms with E-state index in [1.165, 1.54) is 7.11 Å². The molecule has 0 radical (unpaired) electrons. The lowest BCUT2D eigenvalue weighted by atomic mass is 10.2. The number of hydrogen-bond acceptors (Lipinski definition) is 2. The minimum absolute atomic E-state index is 0.433. The molecule has 7 heteroatoms. The third-order valence-electron chi connectivity index (χ3n) is 2.85. The Morgan fingerprint density at radius 1 is 1.00 bits per heavy atom. The maximum absolute atomic E-state index is 12.1. The molecule has 4 nitrogen and oxygen atoms in total. The lowest BCUT2D eigenvalue weighted by Gasteiger charge is -2.13. The van der Waals surface area contributed by atoms with Gasteiger partial charge in [0.25, 0.3) is 0 Å². The summed E-state index contributed by atoms with van der Waals surface area (Å²) in [6.45, 7) is 1.83. The zero-order valence-electron chi connectivity index (χ0n) is 11.8. The van der Waals surface area contributed by atoms with Crippen LogP contribution in [0.25, 0.3) is 0 Å². The van der Waals surface area contributed by atoms with Gasteiger partial charge < -0.3 is 15.4 Å². The number of amides is 2. The molecule has 0 aliphatic heterocycles. The summed E-state index contributed by atoms with van der Waals surface area (Å²) in [6, 6.07) is 7.69. The molecule has 0 saturated carbocycles. The maximum Gasteiger partial charge on any atom is 0.323 e. The monoisotopic (exact) mass is 358 g/mol. The topological polar surface area (TPSA) is 50.4 Å². The molecule has 22 heavy (non-hydrogen) atoms. The minimum Gasteiger partial charge on any atom is -0.495 e. The Labute approximate surface area is 143 Å². The predicted molar refractivity (Wildman–Crippen MR) is 91.8 cm³/mol. The van der Waals surface area contributed by atoms with Gasteiger partial charge in [-0.3, -0.25) is 0 Å². The van der Waals surface area contributed by atoms with Gasteiger partial charge in [0.05, 0.1) is 12.8 Å². The van der Waals surface area contributed by atoms with Crippen LogP contribution in [0.2, 0.25) is 15.1 Å². The molecule has 0 bridgehead atoms. The van der Waals surface area contributed by atoms with Crippen molar-refractivity contribution in [1.29, 1.82) is 0 Å². The summed E-state index contributed by atoms with van der Waals surface area (Å²) in [5, 5.41) is 6.77. The van der Waals surface area contributed by atoms with Crippen LogP contribution in [0, 0.1) is 6.92 Å². The second kappa shape index (κ2) is 7.09. The Morgan fingerprint density at radius 3 is 2.23 bits per heavy atom. The van der Waals surface area contributed by atoms with Gasteiger partial charge in [-0.1, -0.05) is 34.8 Å². The molecule has 0 atom stereocenters. The van der Waals surface area contributed by atoms with Crippen LogP contribution in [-0.2, 0) is 0 Å².